The number of rotatable bonds is 8. The van der Waals surface area contributed by atoms with Crippen LogP contribution in [0, 0.1) is 19.7 Å². The fraction of sp³-hybridized carbons (Fsp3) is 0.208. The second-order valence-electron chi connectivity index (χ2n) is 7.47. The third-order valence-corrected chi connectivity index (χ3v) is 6.44. The first-order chi connectivity index (χ1) is 15.2. The predicted octanol–water partition coefficient (Wildman–Crippen LogP) is 3.98. The van der Waals surface area contributed by atoms with E-state index < -0.39 is 27.8 Å². The molecule has 1 amide bonds. The minimum Gasteiger partial charge on any atom is -0.495 e. The Kier molecular flexibility index (Phi) is 7.27. The monoisotopic (exact) mass is 456 g/mol. The molecule has 0 aromatic heterocycles. The summed E-state index contributed by atoms with van der Waals surface area (Å²) in [5, 5.41) is 2.80. The molecule has 0 heterocycles. The van der Waals surface area contributed by atoms with Gasteiger partial charge in [0.05, 0.1) is 7.11 Å². The van der Waals surface area contributed by atoms with Crippen molar-refractivity contribution in [1.29, 1.82) is 0 Å². The normalized spacial score (nSPS) is 12.2. The Bertz CT molecular complexity index is 1210. The number of halogens is 1. The third kappa shape index (κ3) is 5.72. The Labute approximate surface area is 187 Å². The van der Waals surface area contributed by atoms with Gasteiger partial charge in [0.25, 0.3) is 0 Å². The average molecular weight is 457 g/mol. The number of amides is 1. The predicted molar refractivity (Wildman–Crippen MR) is 122 cm³/mol. The van der Waals surface area contributed by atoms with Gasteiger partial charge in [-0.2, -0.15) is 4.72 Å². The number of nitrogens with one attached hydrogen (secondary N) is 2. The highest BCUT2D eigenvalue weighted by atomic mass is 32.2. The summed E-state index contributed by atoms with van der Waals surface area (Å²) in [6, 6.07) is 16.6. The number of anilines is 1. The van der Waals surface area contributed by atoms with Crippen molar-refractivity contribution in [2.45, 2.75) is 31.2 Å². The number of carbonyl (C=O) groups is 1. The lowest BCUT2D eigenvalue weighted by molar-refractivity contribution is -0.117. The highest BCUT2D eigenvalue weighted by molar-refractivity contribution is 7.89. The van der Waals surface area contributed by atoms with Crippen molar-refractivity contribution >= 4 is 21.6 Å². The number of methoxy groups -OCH3 is 1. The van der Waals surface area contributed by atoms with Crippen LogP contribution in [0.3, 0.4) is 0 Å². The summed E-state index contributed by atoms with van der Waals surface area (Å²) < 4.78 is 47.5. The van der Waals surface area contributed by atoms with Crippen LogP contribution >= 0.6 is 0 Å². The lowest BCUT2D eigenvalue weighted by Crippen LogP contribution is -2.45. The standard InChI is InChI=1S/C24H25FN2O4S/c1-16-9-11-20(17(2)13-16)26-24(28)21(14-18-7-5-4-6-8-18)27-32(29,30)23-15-19(25)10-12-22(23)31-3/h4-13,15,21,27H,14H2,1-3H3,(H,26,28). The fourth-order valence-electron chi connectivity index (χ4n) is 3.32. The molecule has 3 rings (SSSR count). The Morgan fingerprint density at radius 2 is 1.75 bits per heavy atom. The zero-order valence-electron chi connectivity index (χ0n) is 18.1. The summed E-state index contributed by atoms with van der Waals surface area (Å²) in [7, 11) is -2.98. The Hall–Kier alpha value is -3.23. The molecule has 0 aliphatic carbocycles. The molecule has 3 aromatic carbocycles. The second-order valence-corrected chi connectivity index (χ2v) is 9.15. The van der Waals surface area contributed by atoms with Gasteiger partial charge in [-0.05, 0) is 55.7 Å². The molecule has 0 aliphatic rings. The molecule has 168 valence electrons. The molecule has 8 heteroatoms. The Balaban J connectivity index is 1.93. The first kappa shape index (κ1) is 23.4. The fourth-order valence-corrected chi connectivity index (χ4v) is 4.70. The van der Waals surface area contributed by atoms with Gasteiger partial charge in [0.15, 0.2) is 0 Å². The van der Waals surface area contributed by atoms with Crippen LogP contribution in [0.4, 0.5) is 10.1 Å². The van der Waals surface area contributed by atoms with Crippen molar-refractivity contribution in [3.8, 4) is 5.75 Å². The van der Waals surface area contributed by atoms with Crippen LogP contribution in [-0.2, 0) is 21.2 Å². The quantitative estimate of drug-likeness (QED) is 0.537. The van der Waals surface area contributed by atoms with E-state index >= 15 is 0 Å². The van der Waals surface area contributed by atoms with E-state index in [9.17, 15) is 17.6 Å². The molecule has 2 N–H and O–H groups in total. The maximum Gasteiger partial charge on any atom is 0.245 e. The Morgan fingerprint density at radius 3 is 2.41 bits per heavy atom. The lowest BCUT2D eigenvalue weighted by atomic mass is 10.1. The summed E-state index contributed by atoms with van der Waals surface area (Å²) in [6.45, 7) is 3.80. The van der Waals surface area contributed by atoms with Gasteiger partial charge in [-0.3, -0.25) is 4.79 Å². The molecule has 32 heavy (non-hydrogen) atoms. The van der Waals surface area contributed by atoms with Crippen LogP contribution in [0.25, 0.3) is 0 Å². The molecule has 0 aliphatic heterocycles. The van der Waals surface area contributed by atoms with Crippen molar-refractivity contribution in [2.75, 3.05) is 12.4 Å². The number of aryl methyl sites for hydroxylation is 2. The van der Waals surface area contributed by atoms with E-state index in [4.69, 9.17) is 4.74 Å². The van der Waals surface area contributed by atoms with Crippen molar-refractivity contribution in [2.24, 2.45) is 0 Å². The maximum atomic E-state index is 13.8. The minimum absolute atomic E-state index is 0.0212. The first-order valence-electron chi connectivity index (χ1n) is 9.97. The SMILES string of the molecule is COc1ccc(F)cc1S(=O)(=O)NC(Cc1ccccc1)C(=O)Nc1ccc(C)cc1C. The molecule has 0 spiro atoms. The molecular weight excluding hydrogens is 431 g/mol. The summed E-state index contributed by atoms with van der Waals surface area (Å²) in [5.74, 6) is -1.28. The molecule has 0 radical (unpaired) electrons. The number of benzene rings is 3. The van der Waals surface area contributed by atoms with Crippen LogP contribution in [-0.4, -0.2) is 27.5 Å². The molecule has 3 aromatic rings. The van der Waals surface area contributed by atoms with Crippen LogP contribution in [0.2, 0.25) is 0 Å². The molecule has 0 fully saturated rings. The number of hydrogen-bond acceptors (Lipinski definition) is 4. The molecule has 1 atom stereocenters. The lowest BCUT2D eigenvalue weighted by Gasteiger charge is -2.20. The summed E-state index contributed by atoms with van der Waals surface area (Å²) >= 11 is 0. The summed E-state index contributed by atoms with van der Waals surface area (Å²) in [5.41, 5.74) is 3.25. The smallest absolute Gasteiger partial charge is 0.245 e. The molecule has 0 bridgehead atoms. The number of hydrogen-bond donors (Lipinski definition) is 2. The van der Waals surface area contributed by atoms with Crippen molar-refractivity contribution in [3.05, 3.63) is 89.2 Å². The first-order valence-corrected chi connectivity index (χ1v) is 11.5. The molecule has 0 saturated heterocycles. The van der Waals surface area contributed by atoms with Crippen molar-refractivity contribution in [3.63, 3.8) is 0 Å². The van der Waals surface area contributed by atoms with E-state index in [2.05, 4.69) is 10.0 Å². The highest BCUT2D eigenvalue weighted by Gasteiger charge is 2.29. The van der Waals surface area contributed by atoms with E-state index in [0.29, 0.717) is 5.69 Å². The molecule has 6 nitrogen and oxygen atoms in total. The maximum absolute atomic E-state index is 13.8. The molecular formula is C24H25FN2O4S. The van der Waals surface area contributed by atoms with Gasteiger partial charge in [0.1, 0.15) is 22.5 Å². The van der Waals surface area contributed by atoms with E-state index in [-0.39, 0.29) is 17.1 Å². The van der Waals surface area contributed by atoms with Gasteiger partial charge in [-0.1, -0.05) is 48.0 Å². The topological polar surface area (TPSA) is 84.5 Å². The number of ether oxygens (including phenoxy) is 1. The van der Waals surface area contributed by atoms with E-state index in [0.717, 1.165) is 28.8 Å². The van der Waals surface area contributed by atoms with Gasteiger partial charge in [0.2, 0.25) is 15.9 Å². The molecule has 1 unspecified atom stereocenters. The third-order valence-electron chi connectivity index (χ3n) is 4.95. The highest BCUT2D eigenvalue weighted by Crippen LogP contribution is 2.25. The average Bonchev–Trinajstić information content (AvgIpc) is 2.75. The van der Waals surface area contributed by atoms with Gasteiger partial charge >= 0.3 is 0 Å². The van der Waals surface area contributed by atoms with Crippen LogP contribution < -0.4 is 14.8 Å². The summed E-state index contributed by atoms with van der Waals surface area (Å²) in [4.78, 5) is 12.8. The van der Waals surface area contributed by atoms with Gasteiger partial charge in [0, 0.05) is 5.69 Å². The van der Waals surface area contributed by atoms with Gasteiger partial charge in [-0.15, -0.1) is 0 Å². The largest absolute Gasteiger partial charge is 0.495 e. The van der Waals surface area contributed by atoms with Crippen LogP contribution in [0.15, 0.2) is 71.6 Å². The number of carbonyl (C=O) groups excluding carboxylic acids is 1. The summed E-state index contributed by atoms with van der Waals surface area (Å²) in [6.07, 6.45) is 0.106. The Morgan fingerprint density at radius 1 is 1.03 bits per heavy atom. The van der Waals surface area contributed by atoms with E-state index in [1.165, 1.54) is 13.2 Å². The van der Waals surface area contributed by atoms with Gasteiger partial charge in [-0.25, -0.2) is 12.8 Å². The van der Waals surface area contributed by atoms with Crippen LogP contribution in [0.1, 0.15) is 16.7 Å². The van der Waals surface area contributed by atoms with E-state index in [1.54, 1.807) is 30.3 Å². The van der Waals surface area contributed by atoms with Crippen LogP contribution in [0.5, 0.6) is 5.75 Å². The van der Waals surface area contributed by atoms with Crippen molar-refractivity contribution in [1.82, 2.24) is 4.72 Å². The zero-order chi connectivity index (χ0) is 23.3. The number of sulfonamides is 1. The minimum atomic E-state index is -4.27. The molecule has 0 saturated carbocycles. The van der Waals surface area contributed by atoms with Gasteiger partial charge < -0.3 is 10.1 Å². The van der Waals surface area contributed by atoms with E-state index in [1.807, 2.05) is 32.0 Å². The zero-order valence-corrected chi connectivity index (χ0v) is 18.9. The van der Waals surface area contributed by atoms with Crippen molar-refractivity contribution < 1.29 is 22.3 Å². The second kappa shape index (κ2) is 9.93.